The lowest BCUT2D eigenvalue weighted by atomic mass is 10.0. The molecule has 0 aliphatic heterocycles. The Morgan fingerprint density at radius 1 is 1.28 bits per heavy atom. The molecule has 1 heterocycles. The van der Waals surface area contributed by atoms with E-state index in [9.17, 15) is 13.6 Å². The fourth-order valence-corrected chi connectivity index (χ4v) is 1.68. The van der Waals surface area contributed by atoms with E-state index in [1.165, 1.54) is 31.3 Å². The summed E-state index contributed by atoms with van der Waals surface area (Å²) in [5.41, 5.74) is -0.559. The van der Waals surface area contributed by atoms with Crippen molar-refractivity contribution in [1.82, 2.24) is 4.98 Å². The molecule has 2 aromatic rings. The van der Waals surface area contributed by atoms with Gasteiger partial charge in [-0.15, -0.1) is 0 Å². The second-order valence-electron chi connectivity index (χ2n) is 3.76. The number of carbonyl (C=O) groups is 1. The molecule has 0 radical (unpaired) electrons. The summed E-state index contributed by atoms with van der Waals surface area (Å²) in [5.74, 6) is -2.91. The van der Waals surface area contributed by atoms with Crippen LogP contribution in [0.2, 0.25) is 0 Å². The van der Waals surface area contributed by atoms with Gasteiger partial charge in [0.2, 0.25) is 0 Å². The number of carboxylic acids is 1. The highest BCUT2D eigenvalue weighted by Crippen LogP contribution is 2.29. The summed E-state index contributed by atoms with van der Waals surface area (Å²) in [6, 6.07) is 5.16. The molecule has 0 saturated heterocycles. The highest BCUT2D eigenvalue weighted by atomic mass is 19.1. The van der Waals surface area contributed by atoms with E-state index in [1.807, 2.05) is 0 Å². The van der Waals surface area contributed by atoms with E-state index < -0.39 is 17.6 Å². The van der Waals surface area contributed by atoms with E-state index in [0.29, 0.717) is 0 Å². The second kappa shape index (κ2) is 4.52. The van der Waals surface area contributed by atoms with E-state index in [2.05, 4.69) is 4.98 Å². The number of pyridine rings is 1. The number of aromatic nitrogens is 1. The molecular formula is C13H9F2NO2. The Bertz CT molecular complexity index is 626. The molecule has 5 heteroatoms. The highest BCUT2D eigenvalue weighted by Gasteiger charge is 2.20. The van der Waals surface area contributed by atoms with Crippen LogP contribution in [0.5, 0.6) is 0 Å². The Kier molecular flexibility index (Phi) is 3.06. The van der Waals surface area contributed by atoms with Gasteiger partial charge in [0, 0.05) is 11.8 Å². The van der Waals surface area contributed by atoms with E-state index in [-0.39, 0.29) is 22.4 Å². The van der Waals surface area contributed by atoms with Gasteiger partial charge in [-0.2, -0.15) is 0 Å². The van der Waals surface area contributed by atoms with Crippen molar-refractivity contribution in [2.24, 2.45) is 0 Å². The number of nitrogens with zero attached hydrogens (tertiary/aromatic N) is 1. The minimum atomic E-state index is -1.33. The van der Waals surface area contributed by atoms with Gasteiger partial charge in [-0.1, -0.05) is 12.1 Å². The average Bonchev–Trinajstić information content (AvgIpc) is 2.35. The van der Waals surface area contributed by atoms with Crippen molar-refractivity contribution in [3.05, 3.63) is 53.4 Å². The summed E-state index contributed by atoms with van der Waals surface area (Å²) in [5, 5.41) is 8.97. The summed E-state index contributed by atoms with van der Waals surface area (Å²) >= 11 is 0. The standard InChI is InChI=1S/C13H9F2NO2/c1-7-4-5-9(14)10(11(7)15)8-3-2-6-16-12(8)13(17)18/h2-6H,1H3,(H,17,18). The monoisotopic (exact) mass is 249 g/mol. The number of hydrogen-bond acceptors (Lipinski definition) is 2. The van der Waals surface area contributed by atoms with Crippen LogP contribution in [0, 0.1) is 18.6 Å². The zero-order chi connectivity index (χ0) is 13.3. The number of halogens is 2. The topological polar surface area (TPSA) is 50.2 Å². The second-order valence-corrected chi connectivity index (χ2v) is 3.76. The largest absolute Gasteiger partial charge is 0.476 e. The minimum absolute atomic E-state index is 0.0660. The molecule has 0 atom stereocenters. The van der Waals surface area contributed by atoms with Gasteiger partial charge in [0.1, 0.15) is 11.6 Å². The molecule has 3 nitrogen and oxygen atoms in total. The predicted octanol–water partition coefficient (Wildman–Crippen LogP) is 3.03. The fraction of sp³-hybridized carbons (Fsp3) is 0.0769. The Labute approximate surface area is 102 Å². The summed E-state index contributed by atoms with van der Waals surface area (Å²) in [4.78, 5) is 14.6. The van der Waals surface area contributed by atoms with Crippen molar-refractivity contribution in [2.75, 3.05) is 0 Å². The Morgan fingerprint density at radius 3 is 2.67 bits per heavy atom. The van der Waals surface area contributed by atoms with Crippen LogP contribution in [-0.4, -0.2) is 16.1 Å². The molecule has 0 unspecified atom stereocenters. The van der Waals surface area contributed by atoms with Crippen molar-refractivity contribution in [3.8, 4) is 11.1 Å². The first-order valence-electron chi connectivity index (χ1n) is 5.15. The molecule has 0 saturated carbocycles. The van der Waals surface area contributed by atoms with Gasteiger partial charge in [-0.25, -0.2) is 18.6 Å². The van der Waals surface area contributed by atoms with Crippen LogP contribution in [0.1, 0.15) is 16.1 Å². The third-order valence-electron chi connectivity index (χ3n) is 2.56. The number of aromatic carboxylic acids is 1. The van der Waals surface area contributed by atoms with Crippen LogP contribution in [0.4, 0.5) is 8.78 Å². The van der Waals surface area contributed by atoms with Crippen molar-refractivity contribution < 1.29 is 18.7 Å². The number of benzene rings is 1. The first-order chi connectivity index (χ1) is 8.52. The van der Waals surface area contributed by atoms with Gasteiger partial charge in [-0.05, 0) is 24.6 Å². The third kappa shape index (κ3) is 1.95. The van der Waals surface area contributed by atoms with Gasteiger partial charge in [0.25, 0.3) is 0 Å². The lowest BCUT2D eigenvalue weighted by Crippen LogP contribution is -2.05. The lowest BCUT2D eigenvalue weighted by Gasteiger charge is -2.09. The van der Waals surface area contributed by atoms with Gasteiger partial charge in [0.05, 0.1) is 5.56 Å². The molecule has 0 fully saturated rings. The summed E-state index contributed by atoms with van der Waals surface area (Å²) in [6.45, 7) is 1.48. The van der Waals surface area contributed by atoms with Crippen LogP contribution in [0.3, 0.4) is 0 Å². The first kappa shape index (κ1) is 12.2. The SMILES string of the molecule is Cc1ccc(F)c(-c2cccnc2C(=O)O)c1F. The molecule has 0 bridgehead atoms. The zero-order valence-electron chi connectivity index (χ0n) is 9.45. The van der Waals surface area contributed by atoms with E-state index in [0.717, 1.165) is 6.07 Å². The first-order valence-corrected chi connectivity index (χ1v) is 5.15. The number of carboxylic acid groups (broad SMARTS) is 1. The highest BCUT2D eigenvalue weighted by molar-refractivity contribution is 5.94. The van der Waals surface area contributed by atoms with Crippen LogP contribution in [0.15, 0.2) is 30.5 Å². The molecule has 92 valence electrons. The van der Waals surface area contributed by atoms with Crippen LogP contribution in [0.25, 0.3) is 11.1 Å². The van der Waals surface area contributed by atoms with E-state index in [1.54, 1.807) is 0 Å². The molecule has 0 amide bonds. The van der Waals surface area contributed by atoms with Crippen molar-refractivity contribution >= 4 is 5.97 Å². The number of hydrogen-bond donors (Lipinski definition) is 1. The summed E-state index contributed by atoms with van der Waals surface area (Å²) < 4.78 is 27.6. The third-order valence-corrected chi connectivity index (χ3v) is 2.56. The van der Waals surface area contributed by atoms with Crippen molar-refractivity contribution in [1.29, 1.82) is 0 Å². The zero-order valence-corrected chi connectivity index (χ0v) is 9.45. The average molecular weight is 249 g/mol. The molecular weight excluding hydrogens is 240 g/mol. The van der Waals surface area contributed by atoms with Gasteiger partial charge >= 0.3 is 5.97 Å². The molecule has 0 aliphatic carbocycles. The normalized spacial score (nSPS) is 10.4. The quantitative estimate of drug-likeness (QED) is 0.889. The molecule has 18 heavy (non-hydrogen) atoms. The molecule has 0 spiro atoms. The smallest absolute Gasteiger partial charge is 0.355 e. The molecule has 1 aromatic heterocycles. The van der Waals surface area contributed by atoms with E-state index in [4.69, 9.17) is 5.11 Å². The minimum Gasteiger partial charge on any atom is -0.476 e. The Morgan fingerprint density at radius 2 is 2.00 bits per heavy atom. The molecule has 0 aliphatic rings. The number of aryl methyl sites for hydroxylation is 1. The van der Waals surface area contributed by atoms with Crippen molar-refractivity contribution in [3.63, 3.8) is 0 Å². The molecule has 1 N–H and O–H groups in total. The molecule has 1 aromatic carbocycles. The van der Waals surface area contributed by atoms with Crippen LogP contribution in [-0.2, 0) is 0 Å². The fourth-order valence-electron chi connectivity index (χ4n) is 1.68. The summed E-state index contributed by atoms with van der Waals surface area (Å²) in [7, 11) is 0. The van der Waals surface area contributed by atoms with Crippen LogP contribution < -0.4 is 0 Å². The maximum absolute atomic E-state index is 13.9. The van der Waals surface area contributed by atoms with E-state index >= 15 is 0 Å². The van der Waals surface area contributed by atoms with Gasteiger partial charge in [0.15, 0.2) is 5.69 Å². The van der Waals surface area contributed by atoms with Crippen LogP contribution >= 0.6 is 0 Å². The maximum atomic E-state index is 13.9. The summed E-state index contributed by atoms with van der Waals surface area (Å²) in [6.07, 6.45) is 1.26. The van der Waals surface area contributed by atoms with Crippen molar-refractivity contribution in [2.45, 2.75) is 6.92 Å². The molecule has 2 rings (SSSR count). The maximum Gasteiger partial charge on any atom is 0.355 e. The number of rotatable bonds is 2. The van der Waals surface area contributed by atoms with Gasteiger partial charge < -0.3 is 5.11 Å². The lowest BCUT2D eigenvalue weighted by molar-refractivity contribution is 0.0691. The van der Waals surface area contributed by atoms with Gasteiger partial charge in [-0.3, -0.25) is 0 Å². The Balaban J connectivity index is 2.77. The predicted molar refractivity (Wildman–Crippen MR) is 61.3 cm³/mol. The Hall–Kier alpha value is -2.30.